The summed E-state index contributed by atoms with van der Waals surface area (Å²) < 4.78 is 42.5. The minimum atomic E-state index is -1.78. The van der Waals surface area contributed by atoms with Crippen molar-refractivity contribution in [2.75, 3.05) is 13.2 Å². The molecule has 6 aliphatic carbocycles. The molecule has 0 spiro atoms. The normalized spacial score (nSPS) is 53.2. The van der Waals surface area contributed by atoms with Crippen LogP contribution in [-0.4, -0.2) is 203 Å². The van der Waals surface area contributed by atoms with E-state index in [1.807, 2.05) is 0 Å². The van der Waals surface area contributed by atoms with Crippen LogP contribution in [0.25, 0.3) is 0 Å². The molecule has 3 saturated heterocycles. The van der Waals surface area contributed by atoms with Gasteiger partial charge in [-0.1, -0.05) is 52.7 Å². The van der Waals surface area contributed by atoms with Crippen LogP contribution in [0.15, 0.2) is 11.1 Å². The molecule has 0 amide bonds. The molecule has 27 unspecified atom stereocenters. The summed E-state index contributed by atoms with van der Waals surface area (Å²) in [5.74, 6) is -0.865. The van der Waals surface area contributed by atoms with E-state index in [1.54, 1.807) is 6.92 Å². The Morgan fingerprint density at radius 1 is 0.608 bits per heavy atom. The van der Waals surface area contributed by atoms with Crippen LogP contribution in [0.2, 0.25) is 0 Å². The predicted octanol–water partition coefficient (Wildman–Crippen LogP) is 0.438. The van der Waals surface area contributed by atoms with Gasteiger partial charge in [0.05, 0.1) is 42.5 Å². The summed E-state index contributed by atoms with van der Waals surface area (Å²) in [6, 6.07) is 0. The second-order valence-corrected chi connectivity index (χ2v) is 26.1. The van der Waals surface area contributed by atoms with Crippen molar-refractivity contribution in [3.63, 3.8) is 0 Å². The SMILES string of the molecule is CC1OC(OC2C(C)OC(OC3CCC4(C)C5CCC6=C(CCC7(C(=O)OC8OC(COC9CC(CO)C(O)C(O)C9O)C(O)C(O)C8O)CCC(C)(C)CC67)C5(C)CCC4C3(C)C)C(O)C2O)C(O)C(O)C1O. The largest absolute Gasteiger partial charge is 0.432 e. The maximum Gasteiger partial charge on any atom is 0.315 e. The Bertz CT molecular complexity index is 2040. The molecule has 0 aromatic rings. The van der Waals surface area contributed by atoms with E-state index < -0.39 is 147 Å². The zero-order valence-corrected chi connectivity index (χ0v) is 44.4. The first-order valence-electron chi connectivity index (χ1n) is 27.5. The van der Waals surface area contributed by atoms with Crippen LogP contribution in [0.5, 0.6) is 0 Å². The summed E-state index contributed by atoms with van der Waals surface area (Å²) >= 11 is 0. The lowest BCUT2D eigenvalue weighted by molar-refractivity contribution is -0.362. The fourth-order valence-electron chi connectivity index (χ4n) is 16.4. The number of allylic oxidation sites excluding steroid dienone is 2. The third kappa shape index (κ3) is 9.58. The third-order valence-electron chi connectivity index (χ3n) is 21.0. The molecule has 9 rings (SSSR count). The van der Waals surface area contributed by atoms with E-state index in [0.29, 0.717) is 31.6 Å². The lowest BCUT2D eigenvalue weighted by atomic mass is 9.38. The first-order chi connectivity index (χ1) is 34.6. The van der Waals surface area contributed by atoms with Crippen LogP contribution >= 0.6 is 0 Å². The molecule has 27 atom stereocenters. The van der Waals surface area contributed by atoms with Gasteiger partial charge in [0.15, 0.2) is 12.6 Å². The van der Waals surface area contributed by atoms with Crippen molar-refractivity contribution in [3.05, 3.63) is 11.1 Å². The topological polar surface area (TPSA) is 324 Å². The molecule has 74 heavy (non-hydrogen) atoms. The van der Waals surface area contributed by atoms with E-state index in [1.165, 1.54) is 18.1 Å². The Hall–Kier alpha value is -1.51. The number of hydrogen-bond acceptors (Lipinski definition) is 20. The zero-order valence-electron chi connectivity index (χ0n) is 44.4. The Morgan fingerprint density at radius 2 is 1.24 bits per heavy atom. The molecular formula is C54H88O20. The minimum absolute atomic E-state index is 0.00607. The number of aliphatic hydroxyl groups excluding tert-OH is 12. The number of aliphatic hydroxyl groups is 12. The van der Waals surface area contributed by atoms with Crippen LogP contribution in [0.3, 0.4) is 0 Å². The molecule has 0 aromatic heterocycles. The van der Waals surface area contributed by atoms with E-state index in [-0.39, 0.29) is 46.0 Å². The van der Waals surface area contributed by atoms with Gasteiger partial charge in [0.25, 0.3) is 0 Å². The van der Waals surface area contributed by atoms with Crippen LogP contribution in [0, 0.1) is 50.7 Å². The molecule has 3 aliphatic heterocycles. The molecule has 4 saturated carbocycles. The fourth-order valence-corrected chi connectivity index (χ4v) is 16.4. The van der Waals surface area contributed by atoms with Gasteiger partial charge in [0, 0.05) is 12.5 Å². The molecule has 3 heterocycles. The molecule has 424 valence electrons. The molecule has 12 N–H and O–H groups in total. The number of carbonyl (C=O) groups excluding carboxylic acids is 1. The first kappa shape index (κ1) is 57.2. The van der Waals surface area contributed by atoms with E-state index in [9.17, 15) is 66.1 Å². The van der Waals surface area contributed by atoms with Crippen molar-refractivity contribution in [1.29, 1.82) is 0 Å². The summed E-state index contributed by atoms with van der Waals surface area (Å²) in [6.07, 6.45) is -18.3. The highest BCUT2D eigenvalue weighted by Gasteiger charge is 2.66. The van der Waals surface area contributed by atoms with Gasteiger partial charge in [0.1, 0.15) is 73.2 Å². The van der Waals surface area contributed by atoms with Crippen LogP contribution in [0.1, 0.15) is 132 Å². The summed E-state index contributed by atoms with van der Waals surface area (Å²) in [4.78, 5) is 15.0. The number of rotatable bonds is 10. The van der Waals surface area contributed by atoms with E-state index in [4.69, 9.17) is 33.2 Å². The maximum absolute atomic E-state index is 15.0. The summed E-state index contributed by atoms with van der Waals surface area (Å²) in [7, 11) is 0. The molecule has 0 radical (unpaired) electrons. The lowest BCUT2D eigenvalue weighted by Crippen LogP contribution is -2.64. The van der Waals surface area contributed by atoms with Gasteiger partial charge >= 0.3 is 5.97 Å². The number of hydrogen-bond donors (Lipinski definition) is 12. The van der Waals surface area contributed by atoms with E-state index in [0.717, 1.165) is 44.9 Å². The van der Waals surface area contributed by atoms with Gasteiger partial charge in [-0.25, -0.2) is 0 Å². The van der Waals surface area contributed by atoms with Crippen LogP contribution in [-0.2, 0) is 38.0 Å². The van der Waals surface area contributed by atoms with Crippen molar-refractivity contribution in [3.8, 4) is 0 Å². The summed E-state index contributed by atoms with van der Waals surface area (Å²) in [5, 5.41) is 128. The van der Waals surface area contributed by atoms with Crippen molar-refractivity contribution in [2.24, 2.45) is 50.7 Å². The van der Waals surface area contributed by atoms with Gasteiger partial charge in [-0.3, -0.25) is 4.79 Å². The average Bonchev–Trinajstić information content (AvgIpc) is 3.35. The fraction of sp³-hybridized carbons (Fsp3) is 0.944. The second-order valence-electron chi connectivity index (χ2n) is 26.1. The summed E-state index contributed by atoms with van der Waals surface area (Å²) in [5.41, 5.74) is 1.17. The number of fused-ring (bicyclic) bond motifs is 6. The molecule has 0 aromatic carbocycles. The zero-order chi connectivity index (χ0) is 53.9. The smallest absolute Gasteiger partial charge is 0.315 e. The van der Waals surface area contributed by atoms with Gasteiger partial charge in [-0.2, -0.15) is 0 Å². The Morgan fingerprint density at radius 3 is 1.95 bits per heavy atom. The molecule has 20 nitrogen and oxygen atoms in total. The molecular weight excluding hydrogens is 969 g/mol. The first-order valence-corrected chi connectivity index (χ1v) is 27.5. The van der Waals surface area contributed by atoms with Crippen molar-refractivity contribution in [2.45, 2.75) is 255 Å². The highest BCUT2D eigenvalue weighted by Crippen LogP contribution is 2.72. The summed E-state index contributed by atoms with van der Waals surface area (Å²) in [6.45, 7) is 16.1. The molecule has 0 bridgehead atoms. The highest BCUT2D eigenvalue weighted by atomic mass is 16.7. The molecule has 7 fully saturated rings. The van der Waals surface area contributed by atoms with Gasteiger partial charge in [-0.05, 0) is 130 Å². The monoisotopic (exact) mass is 1060 g/mol. The Balaban J connectivity index is 0.883. The molecule has 20 heteroatoms. The quantitative estimate of drug-likeness (QED) is 0.0802. The molecule has 9 aliphatic rings. The Labute approximate surface area is 434 Å². The third-order valence-corrected chi connectivity index (χ3v) is 21.0. The van der Waals surface area contributed by atoms with Gasteiger partial charge in [0.2, 0.25) is 6.29 Å². The van der Waals surface area contributed by atoms with Crippen molar-refractivity contribution >= 4 is 5.97 Å². The van der Waals surface area contributed by atoms with Crippen LogP contribution < -0.4 is 0 Å². The number of carbonyl (C=O) groups is 1. The standard InChI is InChI=1S/C54H88O20/c1-23-34(56)38(60)42(64)47(69-23)73-45-24(2)70-46(44(66)41(45)63)72-33-13-15-53(8)31(51(33,5)6)12-14-52(7)27-11-16-54(18-17-50(3,4)20-28(54)26(27)9-10-32(52)53)49(67)74-48-43(65)40(62)37(59)30(71-48)22-68-29-19-25(21-55)35(57)39(61)36(29)58/h23-25,28-48,55-66H,9-22H2,1-8H3. The maximum atomic E-state index is 15.0. The predicted molar refractivity (Wildman–Crippen MR) is 259 cm³/mol. The van der Waals surface area contributed by atoms with Gasteiger partial charge in [-0.15, -0.1) is 0 Å². The minimum Gasteiger partial charge on any atom is -0.432 e. The van der Waals surface area contributed by atoms with Gasteiger partial charge < -0.3 is 94.4 Å². The number of esters is 1. The van der Waals surface area contributed by atoms with E-state index in [2.05, 4.69) is 41.5 Å². The second kappa shape index (κ2) is 20.9. The Kier molecular flexibility index (Phi) is 16.1. The lowest BCUT2D eigenvalue weighted by Gasteiger charge is -2.67. The number of ether oxygens (including phenoxy) is 7. The average molecular weight is 1060 g/mol. The van der Waals surface area contributed by atoms with Crippen molar-refractivity contribution in [1.82, 2.24) is 0 Å². The highest BCUT2D eigenvalue weighted by molar-refractivity contribution is 5.79. The van der Waals surface area contributed by atoms with Crippen molar-refractivity contribution < 1.29 is 99.2 Å². The van der Waals surface area contributed by atoms with Crippen LogP contribution in [0.4, 0.5) is 0 Å². The van der Waals surface area contributed by atoms with E-state index >= 15 is 0 Å².